The van der Waals surface area contributed by atoms with Gasteiger partial charge in [0.15, 0.2) is 5.96 Å². The van der Waals surface area contributed by atoms with Crippen LogP contribution in [0.3, 0.4) is 0 Å². The van der Waals surface area contributed by atoms with Gasteiger partial charge in [0.1, 0.15) is 11.8 Å². The first-order valence-corrected chi connectivity index (χ1v) is 9.52. The minimum absolute atomic E-state index is 0.348. The highest BCUT2D eigenvalue weighted by atomic mass is 19.4. The van der Waals surface area contributed by atoms with E-state index in [1.807, 2.05) is 25.7 Å². The van der Waals surface area contributed by atoms with Crippen molar-refractivity contribution in [3.63, 3.8) is 0 Å². The fourth-order valence-electron chi connectivity index (χ4n) is 3.33. The minimum atomic E-state index is -4.20. The highest BCUT2D eigenvalue weighted by molar-refractivity contribution is 5.80. The summed E-state index contributed by atoms with van der Waals surface area (Å²) in [7, 11) is 1.63. The van der Waals surface area contributed by atoms with Gasteiger partial charge in [0.2, 0.25) is 0 Å². The lowest BCUT2D eigenvalue weighted by Crippen LogP contribution is -2.56. The largest absolute Gasteiger partial charge is 0.496 e. The first-order valence-electron chi connectivity index (χ1n) is 9.52. The Morgan fingerprint density at radius 2 is 1.93 bits per heavy atom. The zero-order valence-corrected chi connectivity index (χ0v) is 17.2. The van der Waals surface area contributed by atoms with E-state index >= 15 is 0 Å². The second kappa shape index (κ2) is 9.45. The van der Waals surface area contributed by atoms with Gasteiger partial charge < -0.3 is 15.0 Å². The van der Waals surface area contributed by atoms with Gasteiger partial charge in [0.25, 0.3) is 0 Å². The standard InChI is InChI=1S/C19H30F3N5O/c1-6-23-18(25-12-16-14(3)17(28-5)13(2)11-24-16)27-9-7-26(8-10-27)15(4)19(20,21)22/h11,15H,6-10,12H2,1-5H3,(H,23,25). The number of piperazine rings is 1. The predicted molar refractivity (Wildman–Crippen MR) is 104 cm³/mol. The number of methoxy groups -OCH3 is 1. The van der Waals surface area contributed by atoms with E-state index in [4.69, 9.17) is 4.74 Å². The molecule has 1 saturated heterocycles. The van der Waals surface area contributed by atoms with E-state index in [-0.39, 0.29) is 0 Å². The average molecular weight is 401 g/mol. The number of nitrogens with zero attached hydrogens (tertiary/aromatic N) is 4. The van der Waals surface area contributed by atoms with E-state index < -0.39 is 12.2 Å². The summed E-state index contributed by atoms with van der Waals surface area (Å²) in [4.78, 5) is 12.6. The molecule has 6 nitrogen and oxygen atoms in total. The number of ether oxygens (including phenoxy) is 1. The smallest absolute Gasteiger partial charge is 0.403 e. The molecule has 2 rings (SSSR count). The van der Waals surface area contributed by atoms with Crippen molar-refractivity contribution >= 4 is 5.96 Å². The summed E-state index contributed by atoms with van der Waals surface area (Å²) in [6.45, 7) is 9.83. The second-order valence-corrected chi connectivity index (χ2v) is 6.96. The van der Waals surface area contributed by atoms with Crippen LogP contribution in [-0.4, -0.2) is 72.8 Å². The van der Waals surface area contributed by atoms with Crippen molar-refractivity contribution in [1.29, 1.82) is 0 Å². The van der Waals surface area contributed by atoms with Crippen LogP contribution in [0.2, 0.25) is 0 Å². The summed E-state index contributed by atoms with van der Waals surface area (Å²) >= 11 is 0. The molecule has 9 heteroatoms. The van der Waals surface area contributed by atoms with Gasteiger partial charge in [0, 0.05) is 50.0 Å². The van der Waals surface area contributed by atoms with Crippen LogP contribution in [0.15, 0.2) is 11.2 Å². The normalized spacial score (nSPS) is 17.6. The number of halogens is 3. The van der Waals surface area contributed by atoms with Crippen molar-refractivity contribution < 1.29 is 17.9 Å². The molecule has 1 aliphatic rings. The molecule has 0 aromatic carbocycles. The molecule has 1 aromatic rings. The Hall–Kier alpha value is -2.03. The number of aliphatic imine (C=N–C) groups is 1. The van der Waals surface area contributed by atoms with Crippen LogP contribution in [0.25, 0.3) is 0 Å². The van der Waals surface area contributed by atoms with E-state index in [0.717, 1.165) is 22.6 Å². The minimum Gasteiger partial charge on any atom is -0.496 e. The average Bonchev–Trinajstić information content (AvgIpc) is 2.65. The molecular formula is C19H30F3N5O. The van der Waals surface area contributed by atoms with Gasteiger partial charge in [-0.3, -0.25) is 9.88 Å². The molecule has 0 aliphatic carbocycles. The molecule has 0 saturated carbocycles. The van der Waals surface area contributed by atoms with Crippen molar-refractivity contribution in [2.75, 3.05) is 39.8 Å². The van der Waals surface area contributed by atoms with E-state index in [2.05, 4.69) is 15.3 Å². The first kappa shape index (κ1) is 22.3. The van der Waals surface area contributed by atoms with Gasteiger partial charge >= 0.3 is 6.18 Å². The summed E-state index contributed by atoms with van der Waals surface area (Å²) in [5.74, 6) is 1.50. The van der Waals surface area contributed by atoms with Gasteiger partial charge in [0.05, 0.1) is 19.3 Å². The number of pyridine rings is 1. The van der Waals surface area contributed by atoms with Crippen molar-refractivity contribution in [1.82, 2.24) is 20.1 Å². The van der Waals surface area contributed by atoms with Gasteiger partial charge in [-0.05, 0) is 27.7 Å². The number of hydrogen-bond acceptors (Lipinski definition) is 4. The van der Waals surface area contributed by atoms with Crippen LogP contribution in [0.1, 0.15) is 30.7 Å². The molecule has 28 heavy (non-hydrogen) atoms. The zero-order chi connectivity index (χ0) is 20.9. The van der Waals surface area contributed by atoms with Crippen LogP contribution >= 0.6 is 0 Å². The molecule has 158 valence electrons. The highest BCUT2D eigenvalue weighted by Crippen LogP contribution is 2.26. The molecule has 1 unspecified atom stereocenters. The molecule has 1 aliphatic heterocycles. The Morgan fingerprint density at radius 1 is 1.29 bits per heavy atom. The third kappa shape index (κ3) is 5.27. The molecule has 0 amide bonds. The molecular weight excluding hydrogens is 371 g/mol. The van der Waals surface area contributed by atoms with Crippen LogP contribution in [0.4, 0.5) is 13.2 Å². The predicted octanol–water partition coefficient (Wildman–Crippen LogP) is 2.74. The second-order valence-electron chi connectivity index (χ2n) is 6.96. The molecule has 1 atom stereocenters. The number of aryl methyl sites for hydroxylation is 1. The Labute approximate surface area is 164 Å². The number of nitrogens with one attached hydrogen (secondary N) is 1. The van der Waals surface area contributed by atoms with Gasteiger partial charge in [-0.25, -0.2) is 4.99 Å². The number of hydrogen-bond donors (Lipinski definition) is 1. The summed E-state index contributed by atoms with van der Waals surface area (Å²) in [6, 6.07) is -1.43. The van der Waals surface area contributed by atoms with Crippen LogP contribution in [-0.2, 0) is 6.54 Å². The fourth-order valence-corrected chi connectivity index (χ4v) is 3.33. The van der Waals surface area contributed by atoms with E-state index in [0.29, 0.717) is 45.2 Å². The summed E-state index contributed by atoms with van der Waals surface area (Å²) in [6.07, 6.45) is -2.44. The highest BCUT2D eigenvalue weighted by Gasteiger charge is 2.41. The number of guanidine groups is 1. The first-order chi connectivity index (χ1) is 13.2. The maximum absolute atomic E-state index is 12.9. The van der Waals surface area contributed by atoms with Crippen LogP contribution in [0.5, 0.6) is 5.75 Å². The third-order valence-corrected chi connectivity index (χ3v) is 5.10. The van der Waals surface area contributed by atoms with Crippen molar-refractivity contribution in [3.8, 4) is 5.75 Å². The number of rotatable bonds is 5. The van der Waals surface area contributed by atoms with E-state index in [1.165, 1.54) is 11.8 Å². The van der Waals surface area contributed by atoms with Gasteiger partial charge in [-0.1, -0.05) is 0 Å². The van der Waals surface area contributed by atoms with Gasteiger partial charge in [-0.15, -0.1) is 0 Å². The molecule has 1 aromatic heterocycles. The third-order valence-electron chi connectivity index (χ3n) is 5.10. The molecule has 2 heterocycles. The lowest BCUT2D eigenvalue weighted by atomic mass is 10.1. The molecule has 0 bridgehead atoms. The quantitative estimate of drug-likeness (QED) is 0.607. The number of aromatic nitrogens is 1. The monoisotopic (exact) mass is 401 g/mol. The molecule has 1 N–H and O–H groups in total. The maximum atomic E-state index is 12.9. The summed E-state index contributed by atoms with van der Waals surface area (Å²) in [5.41, 5.74) is 2.74. The van der Waals surface area contributed by atoms with Crippen LogP contribution < -0.4 is 10.1 Å². The van der Waals surface area contributed by atoms with Crippen molar-refractivity contribution in [2.24, 2.45) is 4.99 Å². The molecule has 0 radical (unpaired) electrons. The summed E-state index contributed by atoms with van der Waals surface area (Å²) < 4.78 is 44.3. The van der Waals surface area contributed by atoms with Crippen molar-refractivity contribution in [3.05, 3.63) is 23.0 Å². The lowest BCUT2D eigenvalue weighted by Gasteiger charge is -2.39. The molecule has 1 fully saturated rings. The van der Waals surface area contributed by atoms with Gasteiger partial charge in [-0.2, -0.15) is 13.2 Å². The maximum Gasteiger partial charge on any atom is 0.403 e. The zero-order valence-electron chi connectivity index (χ0n) is 17.2. The topological polar surface area (TPSA) is 53.0 Å². The SMILES string of the molecule is CCNC(=NCc1ncc(C)c(OC)c1C)N1CCN(C(C)C(F)(F)F)CC1. The Bertz CT molecular complexity index is 685. The fraction of sp³-hybridized carbons (Fsp3) is 0.684. The molecule has 0 spiro atoms. The Morgan fingerprint density at radius 3 is 2.46 bits per heavy atom. The van der Waals surface area contributed by atoms with Crippen molar-refractivity contribution in [2.45, 2.75) is 46.5 Å². The van der Waals surface area contributed by atoms with Crippen LogP contribution in [0, 0.1) is 13.8 Å². The Kier molecular flexibility index (Phi) is 7.51. The Balaban J connectivity index is 2.08. The number of alkyl halides is 3. The van der Waals surface area contributed by atoms with E-state index in [1.54, 1.807) is 13.3 Å². The lowest BCUT2D eigenvalue weighted by molar-refractivity contribution is -0.181. The van der Waals surface area contributed by atoms with E-state index in [9.17, 15) is 13.2 Å². The summed E-state index contributed by atoms with van der Waals surface area (Å²) in [5, 5.41) is 3.23.